The zero-order chi connectivity index (χ0) is 17.2. The number of hydrogen-bond acceptors (Lipinski definition) is 3. The van der Waals surface area contributed by atoms with E-state index in [0.717, 1.165) is 35.7 Å². The standard InChI is InChI=1S/C18H30N2O2S/c1-13-6-8-20(9-7-13)17(5)12-19-23(21,22)18-15(3)10-14(2)11-16(18)4/h10-11,13,17,19H,6-9,12H2,1-5H3. The number of aryl methyl sites for hydroxylation is 3. The lowest BCUT2D eigenvalue weighted by Crippen LogP contribution is -2.45. The molecule has 1 atom stereocenters. The van der Waals surface area contributed by atoms with E-state index in [1.165, 1.54) is 12.8 Å². The summed E-state index contributed by atoms with van der Waals surface area (Å²) in [5.74, 6) is 0.785. The van der Waals surface area contributed by atoms with Crippen molar-refractivity contribution >= 4 is 10.0 Å². The Morgan fingerprint density at radius 3 is 2.22 bits per heavy atom. The molecular weight excluding hydrogens is 308 g/mol. The Hall–Kier alpha value is -0.910. The minimum atomic E-state index is -3.46. The number of hydrogen-bond donors (Lipinski definition) is 1. The van der Waals surface area contributed by atoms with E-state index >= 15 is 0 Å². The molecule has 1 aromatic carbocycles. The third-order valence-corrected chi connectivity index (χ3v) is 6.61. The molecule has 1 N–H and O–H groups in total. The van der Waals surface area contributed by atoms with E-state index in [9.17, 15) is 8.42 Å². The molecule has 4 nitrogen and oxygen atoms in total. The maximum atomic E-state index is 12.7. The number of rotatable bonds is 5. The molecule has 0 saturated carbocycles. The van der Waals surface area contributed by atoms with Crippen molar-refractivity contribution in [3.63, 3.8) is 0 Å². The van der Waals surface area contributed by atoms with Gasteiger partial charge < -0.3 is 0 Å². The van der Waals surface area contributed by atoms with Crippen molar-refractivity contribution < 1.29 is 8.42 Å². The van der Waals surface area contributed by atoms with Crippen LogP contribution in [0.5, 0.6) is 0 Å². The summed E-state index contributed by atoms with van der Waals surface area (Å²) in [7, 11) is -3.46. The van der Waals surface area contributed by atoms with Crippen LogP contribution in [0.25, 0.3) is 0 Å². The van der Waals surface area contributed by atoms with Crippen LogP contribution in [0.1, 0.15) is 43.4 Å². The molecule has 1 heterocycles. The van der Waals surface area contributed by atoms with Crippen molar-refractivity contribution in [3.8, 4) is 0 Å². The van der Waals surface area contributed by atoms with Gasteiger partial charge in [0.05, 0.1) is 4.90 Å². The number of sulfonamides is 1. The largest absolute Gasteiger partial charge is 0.299 e. The van der Waals surface area contributed by atoms with E-state index in [0.29, 0.717) is 11.4 Å². The summed E-state index contributed by atoms with van der Waals surface area (Å²) in [4.78, 5) is 2.82. The average molecular weight is 339 g/mol. The molecule has 0 spiro atoms. The van der Waals surface area contributed by atoms with Crippen LogP contribution < -0.4 is 4.72 Å². The van der Waals surface area contributed by atoms with Gasteiger partial charge in [-0.1, -0.05) is 24.6 Å². The van der Waals surface area contributed by atoms with Crippen LogP contribution in [0.4, 0.5) is 0 Å². The van der Waals surface area contributed by atoms with E-state index in [1.807, 2.05) is 32.9 Å². The minimum absolute atomic E-state index is 0.225. The Labute approximate surface area is 141 Å². The lowest BCUT2D eigenvalue weighted by atomic mass is 9.98. The Morgan fingerprint density at radius 2 is 1.70 bits per heavy atom. The first-order valence-electron chi connectivity index (χ1n) is 8.52. The topological polar surface area (TPSA) is 49.4 Å². The van der Waals surface area contributed by atoms with Crippen LogP contribution in [-0.4, -0.2) is 39.0 Å². The lowest BCUT2D eigenvalue weighted by molar-refractivity contribution is 0.148. The molecule has 1 aromatic rings. The van der Waals surface area contributed by atoms with Gasteiger partial charge in [-0.15, -0.1) is 0 Å². The van der Waals surface area contributed by atoms with Crippen molar-refractivity contribution in [2.24, 2.45) is 5.92 Å². The van der Waals surface area contributed by atoms with Crippen LogP contribution in [0.2, 0.25) is 0 Å². The summed E-state index contributed by atoms with van der Waals surface area (Å²) in [5, 5.41) is 0. The molecule has 1 aliphatic heterocycles. The molecule has 1 aliphatic rings. The van der Waals surface area contributed by atoms with Gasteiger partial charge in [-0.25, -0.2) is 13.1 Å². The van der Waals surface area contributed by atoms with E-state index in [1.54, 1.807) is 0 Å². The van der Waals surface area contributed by atoms with Crippen LogP contribution in [-0.2, 0) is 10.0 Å². The smallest absolute Gasteiger partial charge is 0.241 e. The fraction of sp³-hybridized carbons (Fsp3) is 0.667. The van der Waals surface area contributed by atoms with Gasteiger partial charge in [-0.05, 0) is 70.7 Å². The van der Waals surface area contributed by atoms with E-state index in [4.69, 9.17) is 0 Å². The van der Waals surface area contributed by atoms with Gasteiger partial charge in [0.15, 0.2) is 0 Å². The summed E-state index contributed by atoms with van der Waals surface area (Å²) in [6.07, 6.45) is 2.40. The third-order valence-electron chi connectivity index (χ3n) is 4.88. The maximum Gasteiger partial charge on any atom is 0.241 e. The number of piperidine rings is 1. The first-order valence-corrected chi connectivity index (χ1v) is 10.0. The third kappa shape index (κ3) is 4.55. The summed E-state index contributed by atoms with van der Waals surface area (Å²) >= 11 is 0. The van der Waals surface area contributed by atoms with Crippen LogP contribution in [0.15, 0.2) is 17.0 Å². The Morgan fingerprint density at radius 1 is 1.17 bits per heavy atom. The lowest BCUT2D eigenvalue weighted by Gasteiger charge is -2.35. The highest BCUT2D eigenvalue weighted by Gasteiger charge is 2.24. The zero-order valence-corrected chi connectivity index (χ0v) is 15.8. The molecule has 2 rings (SSSR count). The molecule has 0 bridgehead atoms. The van der Waals surface area contributed by atoms with Crippen LogP contribution in [0.3, 0.4) is 0 Å². The fourth-order valence-corrected chi connectivity index (χ4v) is 5.06. The Balaban J connectivity index is 2.05. The molecule has 23 heavy (non-hydrogen) atoms. The zero-order valence-electron chi connectivity index (χ0n) is 15.0. The average Bonchev–Trinajstić information content (AvgIpc) is 2.44. The fourth-order valence-electron chi connectivity index (χ4n) is 3.49. The molecule has 1 fully saturated rings. The summed E-state index contributed by atoms with van der Waals surface area (Å²) in [6.45, 7) is 12.7. The van der Waals surface area contributed by atoms with Crippen molar-refractivity contribution in [3.05, 3.63) is 28.8 Å². The normalized spacial score (nSPS) is 19.0. The summed E-state index contributed by atoms with van der Waals surface area (Å²) < 4.78 is 28.2. The molecule has 130 valence electrons. The van der Waals surface area contributed by atoms with E-state index < -0.39 is 10.0 Å². The number of nitrogens with zero attached hydrogens (tertiary/aromatic N) is 1. The van der Waals surface area contributed by atoms with Gasteiger partial charge in [0.25, 0.3) is 0 Å². The van der Waals surface area contributed by atoms with Gasteiger partial charge >= 0.3 is 0 Å². The van der Waals surface area contributed by atoms with Crippen molar-refractivity contribution in [2.75, 3.05) is 19.6 Å². The minimum Gasteiger partial charge on any atom is -0.299 e. The molecule has 1 unspecified atom stereocenters. The predicted octanol–water partition coefficient (Wildman–Crippen LogP) is 3.01. The summed E-state index contributed by atoms with van der Waals surface area (Å²) in [5.41, 5.74) is 2.72. The molecule has 0 aliphatic carbocycles. The quantitative estimate of drug-likeness (QED) is 0.898. The molecular formula is C18H30N2O2S. The molecule has 0 aromatic heterocycles. The van der Waals surface area contributed by atoms with Crippen molar-refractivity contribution in [2.45, 2.75) is 58.4 Å². The van der Waals surface area contributed by atoms with E-state index in [2.05, 4.69) is 23.5 Å². The predicted molar refractivity (Wildman–Crippen MR) is 95.3 cm³/mol. The van der Waals surface area contributed by atoms with Crippen molar-refractivity contribution in [1.82, 2.24) is 9.62 Å². The van der Waals surface area contributed by atoms with Crippen molar-refractivity contribution in [1.29, 1.82) is 0 Å². The van der Waals surface area contributed by atoms with Crippen LogP contribution in [0, 0.1) is 26.7 Å². The molecule has 1 saturated heterocycles. The Bertz CT molecular complexity index is 624. The summed E-state index contributed by atoms with van der Waals surface area (Å²) in [6, 6.07) is 4.08. The first-order chi connectivity index (χ1) is 10.7. The number of nitrogens with one attached hydrogen (secondary N) is 1. The second-order valence-electron chi connectivity index (χ2n) is 7.15. The van der Waals surface area contributed by atoms with Gasteiger partial charge in [-0.2, -0.15) is 0 Å². The molecule has 5 heteroatoms. The highest BCUT2D eigenvalue weighted by molar-refractivity contribution is 7.89. The van der Waals surface area contributed by atoms with E-state index in [-0.39, 0.29) is 6.04 Å². The Kier molecular flexibility index (Phi) is 5.87. The highest BCUT2D eigenvalue weighted by atomic mass is 32.2. The van der Waals surface area contributed by atoms with Gasteiger partial charge in [0.1, 0.15) is 0 Å². The molecule has 0 amide bonds. The first kappa shape index (κ1) is 18.4. The van der Waals surface area contributed by atoms with Gasteiger partial charge in [-0.3, -0.25) is 4.90 Å². The monoisotopic (exact) mass is 338 g/mol. The molecule has 0 radical (unpaired) electrons. The van der Waals surface area contributed by atoms with Crippen LogP contribution >= 0.6 is 0 Å². The van der Waals surface area contributed by atoms with Gasteiger partial charge in [0, 0.05) is 12.6 Å². The second-order valence-corrected chi connectivity index (χ2v) is 8.85. The second kappa shape index (κ2) is 7.32. The number of likely N-dealkylation sites (tertiary alicyclic amines) is 1. The van der Waals surface area contributed by atoms with Gasteiger partial charge in [0.2, 0.25) is 10.0 Å². The maximum absolute atomic E-state index is 12.7. The SMILES string of the molecule is Cc1cc(C)c(S(=O)(=O)NCC(C)N2CCC(C)CC2)c(C)c1. The highest BCUT2D eigenvalue weighted by Crippen LogP contribution is 2.22. The number of benzene rings is 1.